The second-order valence-electron chi connectivity index (χ2n) is 8.44. The van der Waals surface area contributed by atoms with Crippen molar-refractivity contribution in [3.05, 3.63) is 83.9 Å². The zero-order valence-corrected chi connectivity index (χ0v) is 22.5. The molecule has 2 aromatic carbocycles. The van der Waals surface area contributed by atoms with Crippen LogP contribution in [0.5, 0.6) is 0 Å². The average molecular weight is 541 g/mol. The molecule has 0 aliphatic rings. The van der Waals surface area contributed by atoms with Crippen LogP contribution in [0, 0.1) is 0 Å². The minimum atomic E-state index is -3.64. The summed E-state index contributed by atoms with van der Waals surface area (Å²) in [7, 11) is -7.28. The molecule has 2 rings (SSSR count). The molecule has 0 saturated heterocycles. The van der Waals surface area contributed by atoms with Crippen LogP contribution < -0.4 is 0 Å². The molecule has 0 amide bonds. The highest BCUT2D eigenvalue weighted by atomic mass is 32.2. The molecule has 8 nitrogen and oxygen atoms in total. The van der Waals surface area contributed by atoms with Crippen LogP contribution in [0.2, 0.25) is 0 Å². The van der Waals surface area contributed by atoms with Crippen molar-refractivity contribution < 1.29 is 34.7 Å². The van der Waals surface area contributed by atoms with E-state index in [2.05, 4.69) is 0 Å². The Hall–Kier alpha value is -2.08. The van der Waals surface area contributed by atoms with Crippen molar-refractivity contribution in [1.29, 1.82) is 0 Å². The van der Waals surface area contributed by atoms with Crippen LogP contribution in [0.25, 0.3) is 0 Å². The normalized spacial score (nSPS) is 14.2. The van der Waals surface area contributed by atoms with Crippen molar-refractivity contribution in [2.45, 2.75) is 51.1 Å². The SMILES string of the molecule is CS(=O)(=O)OC(C/C=C/CC(CCOCc1ccccc1)OS(C)(=O)=O)CCOCc1ccccc1. The van der Waals surface area contributed by atoms with Gasteiger partial charge in [0.1, 0.15) is 0 Å². The van der Waals surface area contributed by atoms with Crippen molar-refractivity contribution in [2.75, 3.05) is 25.7 Å². The number of hydrogen-bond acceptors (Lipinski definition) is 8. The highest BCUT2D eigenvalue weighted by Crippen LogP contribution is 2.14. The smallest absolute Gasteiger partial charge is 0.264 e. The molecule has 0 saturated carbocycles. The third kappa shape index (κ3) is 15.1. The van der Waals surface area contributed by atoms with Crippen molar-refractivity contribution in [3.8, 4) is 0 Å². The molecule has 0 N–H and O–H groups in total. The lowest BCUT2D eigenvalue weighted by molar-refractivity contribution is 0.0844. The van der Waals surface area contributed by atoms with Gasteiger partial charge in [0.25, 0.3) is 20.2 Å². The van der Waals surface area contributed by atoms with Crippen molar-refractivity contribution in [1.82, 2.24) is 0 Å². The van der Waals surface area contributed by atoms with E-state index in [1.807, 2.05) is 60.7 Å². The van der Waals surface area contributed by atoms with Gasteiger partial charge in [-0.15, -0.1) is 0 Å². The van der Waals surface area contributed by atoms with Gasteiger partial charge in [-0.3, -0.25) is 8.37 Å². The molecule has 0 radical (unpaired) electrons. The van der Waals surface area contributed by atoms with Gasteiger partial charge in [-0.05, 0) is 36.8 Å². The lowest BCUT2D eigenvalue weighted by Crippen LogP contribution is -2.20. The standard InChI is InChI=1S/C26H36O8S2/c1-35(27,28)33-25(17-19-31-21-23-11-5-3-6-12-23)15-9-10-16-26(34-36(2,29)30)18-20-32-22-24-13-7-4-8-14-24/h3-14,25-26H,15-22H2,1-2H3/b10-9+. The van der Waals surface area contributed by atoms with E-state index in [1.54, 1.807) is 12.2 Å². The fourth-order valence-corrected chi connectivity index (χ4v) is 4.70. The highest BCUT2D eigenvalue weighted by Gasteiger charge is 2.16. The van der Waals surface area contributed by atoms with Gasteiger partial charge in [0, 0.05) is 13.2 Å². The minimum absolute atomic E-state index is 0.331. The van der Waals surface area contributed by atoms with Crippen LogP contribution in [-0.2, 0) is 51.3 Å². The summed E-state index contributed by atoms with van der Waals surface area (Å²) < 4.78 is 68.3. The molecule has 2 atom stereocenters. The predicted molar refractivity (Wildman–Crippen MR) is 139 cm³/mol. The fraction of sp³-hybridized carbons (Fsp3) is 0.462. The molecule has 0 spiro atoms. The van der Waals surface area contributed by atoms with E-state index in [9.17, 15) is 16.8 Å². The molecular formula is C26H36O8S2. The summed E-state index contributed by atoms with van der Waals surface area (Å²) in [6, 6.07) is 19.4. The third-order valence-electron chi connectivity index (χ3n) is 4.98. The molecule has 0 aromatic heterocycles. The first-order chi connectivity index (χ1) is 17.1. The molecule has 0 fully saturated rings. The Kier molecular flexibility index (Phi) is 13.3. The highest BCUT2D eigenvalue weighted by molar-refractivity contribution is 7.86. The monoisotopic (exact) mass is 540 g/mol. The predicted octanol–water partition coefficient (Wildman–Crippen LogP) is 4.23. The first-order valence-corrected chi connectivity index (χ1v) is 15.4. The Bertz CT molecular complexity index is 1010. The van der Waals surface area contributed by atoms with Crippen molar-refractivity contribution >= 4 is 20.2 Å². The Balaban J connectivity index is 1.81. The summed E-state index contributed by atoms with van der Waals surface area (Å²) in [6.45, 7) is 1.53. The topological polar surface area (TPSA) is 105 Å². The van der Waals surface area contributed by atoms with E-state index < -0.39 is 32.4 Å². The molecule has 36 heavy (non-hydrogen) atoms. The van der Waals surface area contributed by atoms with Crippen LogP contribution in [-0.4, -0.2) is 54.8 Å². The van der Waals surface area contributed by atoms with Gasteiger partial charge < -0.3 is 9.47 Å². The lowest BCUT2D eigenvalue weighted by atomic mass is 10.1. The first kappa shape index (κ1) is 30.1. The van der Waals surface area contributed by atoms with Crippen LogP contribution >= 0.6 is 0 Å². The van der Waals surface area contributed by atoms with Gasteiger partial charge >= 0.3 is 0 Å². The van der Waals surface area contributed by atoms with E-state index in [1.165, 1.54) is 0 Å². The third-order valence-corrected chi connectivity index (χ3v) is 6.22. The zero-order valence-electron chi connectivity index (χ0n) is 20.8. The molecule has 200 valence electrons. The minimum Gasteiger partial charge on any atom is -0.377 e. The van der Waals surface area contributed by atoms with Gasteiger partial charge in [-0.1, -0.05) is 72.8 Å². The molecule has 2 aromatic rings. The van der Waals surface area contributed by atoms with E-state index in [4.69, 9.17) is 17.8 Å². The van der Waals surface area contributed by atoms with Gasteiger partial charge in [0.15, 0.2) is 0 Å². The van der Waals surface area contributed by atoms with Crippen LogP contribution in [0.3, 0.4) is 0 Å². The Labute approximate surface area is 215 Å². The average Bonchev–Trinajstić information content (AvgIpc) is 2.81. The first-order valence-electron chi connectivity index (χ1n) is 11.8. The number of rotatable bonds is 18. The zero-order chi connectivity index (χ0) is 26.3. The Morgan fingerprint density at radius 2 is 1.00 bits per heavy atom. The maximum atomic E-state index is 11.7. The lowest BCUT2D eigenvalue weighted by Gasteiger charge is -2.16. The maximum absolute atomic E-state index is 11.7. The summed E-state index contributed by atoms with van der Waals surface area (Å²) in [5, 5.41) is 0. The Morgan fingerprint density at radius 1 is 0.639 bits per heavy atom. The van der Waals surface area contributed by atoms with Crippen molar-refractivity contribution in [3.63, 3.8) is 0 Å². The van der Waals surface area contributed by atoms with Crippen LogP contribution in [0.4, 0.5) is 0 Å². The van der Waals surface area contributed by atoms with Crippen LogP contribution in [0.15, 0.2) is 72.8 Å². The molecule has 0 aliphatic heterocycles. The van der Waals surface area contributed by atoms with E-state index in [0.29, 0.717) is 52.1 Å². The van der Waals surface area contributed by atoms with Gasteiger partial charge in [-0.2, -0.15) is 16.8 Å². The van der Waals surface area contributed by atoms with Gasteiger partial charge in [0.05, 0.1) is 37.9 Å². The van der Waals surface area contributed by atoms with E-state index in [0.717, 1.165) is 23.6 Å². The summed E-state index contributed by atoms with van der Waals surface area (Å²) in [5.41, 5.74) is 2.06. The number of hydrogen-bond donors (Lipinski definition) is 0. The fourth-order valence-electron chi connectivity index (χ4n) is 3.36. The molecule has 10 heteroatoms. The molecule has 0 bridgehead atoms. The maximum Gasteiger partial charge on any atom is 0.264 e. The summed E-state index contributed by atoms with van der Waals surface area (Å²) >= 11 is 0. The van der Waals surface area contributed by atoms with E-state index in [-0.39, 0.29) is 0 Å². The Morgan fingerprint density at radius 3 is 1.33 bits per heavy atom. The molecule has 0 aliphatic carbocycles. The summed E-state index contributed by atoms with van der Waals surface area (Å²) in [4.78, 5) is 0. The van der Waals surface area contributed by atoms with Crippen LogP contribution in [0.1, 0.15) is 36.8 Å². The largest absolute Gasteiger partial charge is 0.377 e. The number of ether oxygens (including phenoxy) is 2. The second kappa shape index (κ2) is 15.9. The molecular weight excluding hydrogens is 504 g/mol. The summed E-state index contributed by atoms with van der Waals surface area (Å²) in [5.74, 6) is 0. The molecule has 0 heterocycles. The van der Waals surface area contributed by atoms with Gasteiger partial charge in [0.2, 0.25) is 0 Å². The quantitative estimate of drug-likeness (QED) is 0.157. The van der Waals surface area contributed by atoms with Gasteiger partial charge in [-0.25, -0.2) is 0 Å². The van der Waals surface area contributed by atoms with Crippen molar-refractivity contribution in [2.24, 2.45) is 0 Å². The second-order valence-corrected chi connectivity index (χ2v) is 11.6. The molecule has 2 unspecified atom stereocenters. The van der Waals surface area contributed by atoms with E-state index >= 15 is 0 Å². The number of benzene rings is 2. The summed E-state index contributed by atoms with van der Waals surface area (Å²) in [6.07, 6.45) is 5.84.